The lowest BCUT2D eigenvalue weighted by Crippen LogP contribution is -2.53. The first-order valence-corrected chi connectivity index (χ1v) is 22.2. The Balaban J connectivity index is 1.32. The van der Waals surface area contributed by atoms with Crippen LogP contribution in [0.1, 0.15) is 87.7 Å². The topological polar surface area (TPSA) is 80.8 Å². The number of hydrogen-bond donors (Lipinski definition) is 0. The standard InChI is InChI=1S/C47H61Cl2N4O6/c1-32(2)47(55)59-45-33(3)24-36(25-34(45)4)28-53(30-40-13-9-11-23-57-40)29-38(31-58-44-15-7-6-14-43(44)51-20-18-50(19-21-51)35(5)54)52(27-39-12-8-10-22-56-39)46(53)41-17-16-37(48)26-42(41)49/h6-7,14-17,24-26,29,32,39-40,46H,8-13,18-23,27-28,30-31H2,1-5H3/q+1. The van der Waals surface area contributed by atoms with E-state index in [2.05, 4.69) is 40.3 Å². The number of halogens is 2. The van der Waals surface area contributed by atoms with Crippen molar-refractivity contribution in [1.29, 1.82) is 0 Å². The molecule has 7 rings (SSSR count). The summed E-state index contributed by atoms with van der Waals surface area (Å²) in [5.41, 5.74) is 6.02. The number of ether oxygens (including phenoxy) is 4. The van der Waals surface area contributed by atoms with Gasteiger partial charge in [-0.1, -0.05) is 49.2 Å². The van der Waals surface area contributed by atoms with Gasteiger partial charge in [-0.2, -0.15) is 0 Å². The van der Waals surface area contributed by atoms with E-state index in [0.717, 1.165) is 104 Å². The second kappa shape index (κ2) is 19.3. The molecule has 3 aromatic carbocycles. The highest BCUT2D eigenvalue weighted by atomic mass is 35.5. The lowest BCUT2D eigenvalue weighted by molar-refractivity contribution is -0.929. The van der Waals surface area contributed by atoms with Gasteiger partial charge in [0.15, 0.2) is 6.17 Å². The zero-order valence-electron chi connectivity index (χ0n) is 35.4. The van der Waals surface area contributed by atoms with E-state index in [9.17, 15) is 9.59 Å². The van der Waals surface area contributed by atoms with Crippen LogP contribution in [-0.2, 0) is 25.6 Å². The van der Waals surface area contributed by atoms with E-state index < -0.39 is 0 Å². The van der Waals surface area contributed by atoms with Crippen molar-refractivity contribution in [2.45, 2.75) is 98.1 Å². The molecule has 0 N–H and O–H groups in total. The van der Waals surface area contributed by atoms with Gasteiger partial charge in [0.2, 0.25) is 5.91 Å². The number of quaternary nitrogens is 1. The van der Waals surface area contributed by atoms with Crippen molar-refractivity contribution in [3.8, 4) is 11.5 Å². The molecule has 3 aromatic rings. The SMILES string of the molecule is CC(=O)N1CCN(c2ccccc2OCC2=C[N+](Cc3cc(C)c(OC(=O)C(C)C)c(C)c3)(CC3CCCCO3)C(c3ccc(Cl)cc3Cl)N2CC2CCCCO2)CC1. The minimum absolute atomic E-state index is 0.0319. The Bertz CT molecular complexity index is 1970. The Hall–Kier alpha value is -3.80. The first-order valence-electron chi connectivity index (χ1n) is 21.5. The van der Waals surface area contributed by atoms with E-state index in [4.69, 9.17) is 42.1 Å². The van der Waals surface area contributed by atoms with Crippen molar-refractivity contribution in [3.63, 3.8) is 0 Å². The summed E-state index contributed by atoms with van der Waals surface area (Å²) in [5, 5.41) is 1.20. The van der Waals surface area contributed by atoms with Crippen molar-refractivity contribution >= 4 is 40.8 Å². The van der Waals surface area contributed by atoms with E-state index >= 15 is 0 Å². The van der Waals surface area contributed by atoms with E-state index in [0.29, 0.717) is 59.6 Å². The number of piperazine rings is 1. The van der Waals surface area contributed by atoms with Crippen molar-refractivity contribution in [2.75, 3.05) is 64.0 Å². The maximum Gasteiger partial charge on any atom is 0.313 e. The lowest BCUT2D eigenvalue weighted by atomic mass is 10.0. The minimum atomic E-state index is -0.247. The van der Waals surface area contributed by atoms with E-state index in [-0.39, 0.29) is 36.2 Å². The van der Waals surface area contributed by atoms with Crippen molar-refractivity contribution < 1.29 is 33.0 Å². The minimum Gasteiger partial charge on any atom is -0.485 e. The first-order chi connectivity index (χ1) is 28.4. The molecule has 10 nitrogen and oxygen atoms in total. The third-order valence-electron chi connectivity index (χ3n) is 12.3. The van der Waals surface area contributed by atoms with Crippen LogP contribution in [0.15, 0.2) is 66.5 Å². The Morgan fingerprint density at radius 1 is 0.881 bits per heavy atom. The molecule has 4 aliphatic rings. The zero-order chi connectivity index (χ0) is 41.7. The molecule has 3 saturated heterocycles. The summed E-state index contributed by atoms with van der Waals surface area (Å²) >= 11 is 13.9. The zero-order valence-corrected chi connectivity index (χ0v) is 36.9. The average molecular weight is 849 g/mol. The summed E-state index contributed by atoms with van der Waals surface area (Å²) in [6.07, 6.45) is 8.52. The number of amides is 1. The van der Waals surface area contributed by atoms with Gasteiger partial charge >= 0.3 is 5.97 Å². The molecule has 4 unspecified atom stereocenters. The van der Waals surface area contributed by atoms with Crippen LogP contribution in [0.4, 0.5) is 5.69 Å². The number of rotatable bonds is 13. The van der Waals surface area contributed by atoms with E-state index in [1.807, 2.05) is 62.9 Å². The number of aryl methyl sites for hydroxylation is 2. The average Bonchev–Trinajstić information content (AvgIpc) is 3.50. The Morgan fingerprint density at radius 3 is 2.19 bits per heavy atom. The van der Waals surface area contributed by atoms with Crippen LogP contribution in [0.25, 0.3) is 0 Å². The highest BCUT2D eigenvalue weighted by Gasteiger charge is 2.51. The summed E-state index contributed by atoms with van der Waals surface area (Å²) in [5.74, 6) is 1.05. The Morgan fingerprint density at radius 2 is 1.56 bits per heavy atom. The van der Waals surface area contributed by atoms with E-state index in [1.165, 1.54) is 0 Å². The molecule has 4 atom stereocenters. The first kappa shape index (κ1) is 43.3. The number of carbonyl (C=O) groups is 2. The molecular weight excluding hydrogens is 787 g/mol. The van der Waals surface area contributed by atoms with Crippen LogP contribution < -0.4 is 14.4 Å². The number of hydrogen-bond acceptors (Lipinski definition) is 8. The molecule has 0 spiro atoms. The summed E-state index contributed by atoms with van der Waals surface area (Å²) in [6, 6.07) is 18.4. The van der Waals surface area contributed by atoms with Crippen LogP contribution in [0.3, 0.4) is 0 Å². The van der Waals surface area contributed by atoms with Crippen molar-refractivity contribution in [1.82, 2.24) is 9.80 Å². The normalized spacial score (nSPS) is 23.7. The van der Waals surface area contributed by atoms with Gasteiger partial charge in [-0.15, -0.1) is 0 Å². The molecule has 12 heteroatoms. The predicted molar refractivity (Wildman–Crippen MR) is 233 cm³/mol. The summed E-state index contributed by atoms with van der Waals surface area (Å²) in [7, 11) is 0. The van der Waals surface area contributed by atoms with Gasteiger partial charge in [0.05, 0.1) is 34.8 Å². The number of anilines is 1. The van der Waals surface area contributed by atoms with Crippen LogP contribution in [0.2, 0.25) is 10.0 Å². The van der Waals surface area contributed by atoms with Crippen LogP contribution in [0, 0.1) is 19.8 Å². The van der Waals surface area contributed by atoms with Crippen LogP contribution >= 0.6 is 23.2 Å². The second-order valence-corrected chi connectivity index (χ2v) is 18.0. The fraction of sp³-hybridized carbons (Fsp3) is 0.532. The lowest BCUT2D eigenvalue weighted by Gasteiger charge is -2.44. The predicted octanol–water partition coefficient (Wildman–Crippen LogP) is 9.23. The Labute approximate surface area is 360 Å². The molecule has 4 heterocycles. The highest BCUT2D eigenvalue weighted by molar-refractivity contribution is 6.35. The van der Waals surface area contributed by atoms with Crippen molar-refractivity contribution in [3.05, 3.63) is 98.8 Å². The number of carbonyl (C=O) groups excluding carboxylic acids is 2. The van der Waals surface area contributed by atoms with Gasteiger partial charge in [0.1, 0.15) is 49.2 Å². The molecule has 3 fully saturated rings. The molecule has 0 saturated carbocycles. The smallest absolute Gasteiger partial charge is 0.313 e. The third-order valence-corrected chi connectivity index (χ3v) is 12.8. The maximum atomic E-state index is 12.7. The van der Waals surface area contributed by atoms with Gasteiger partial charge in [-0.3, -0.25) is 14.1 Å². The number of benzene rings is 3. The van der Waals surface area contributed by atoms with Crippen LogP contribution in [0.5, 0.6) is 11.5 Å². The largest absolute Gasteiger partial charge is 0.485 e. The number of nitrogens with zero attached hydrogens (tertiary/aromatic N) is 4. The van der Waals surface area contributed by atoms with Gasteiger partial charge in [-0.05, 0) is 106 Å². The molecule has 4 aliphatic heterocycles. The number of esters is 1. The molecular formula is C47H61Cl2N4O6+. The number of para-hydroxylation sites is 2. The summed E-state index contributed by atoms with van der Waals surface area (Å²) < 4.78 is 26.4. The molecule has 0 aromatic heterocycles. The second-order valence-electron chi connectivity index (χ2n) is 17.1. The maximum absolute atomic E-state index is 12.7. The quantitative estimate of drug-likeness (QED) is 0.0958. The van der Waals surface area contributed by atoms with E-state index in [1.54, 1.807) is 6.92 Å². The Kier molecular flexibility index (Phi) is 14.1. The van der Waals surface area contributed by atoms with Gasteiger partial charge in [-0.25, -0.2) is 0 Å². The fourth-order valence-corrected chi connectivity index (χ4v) is 9.83. The summed E-state index contributed by atoms with van der Waals surface area (Å²) in [4.78, 5) is 31.6. The monoisotopic (exact) mass is 847 g/mol. The van der Waals surface area contributed by atoms with Crippen molar-refractivity contribution in [2.24, 2.45) is 5.92 Å². The van der Waals surface area contributed by atoms with Gasteiger partial charge in [0.25, 0.3) is 0 Å². The molecule has 1 amide bonds. The van der Waals surface area contributed by atoms with Crippen LogP contribution in [-0.4, -0.2) is 97.5 Å². The summed E-state index contributed by atoms with van der Waals surface area (Å²) in [6.45, 7) is 16.0. The molecule has 0 bridgehead atoms. The molecule has 59 heavy (non-hydrogen) atoms. The van der Waals surface area contributed by atoms with Gasteiger partial charge < -0.3 is 33.6 Å². The fourth-order valence-electron chi connectivity index (χ4n) is 9.32. The molecule has 0 aliphatic carbocycles. The highest BCUT2D eigenvalue weighted by Crippen LogP contribution is 2.48. The third kappa shape index (κ3) is 10.2. The molecule has 0 radical (unpaired) electrons. The van der Waals surface area contributed by atoms with Gasteiger partial charge in [0, 0.05) is 56.9 Å². The molecule has 318 valence electrons.